The molecule has 1 fully saturated rings. The standard InChI is InChI=1S/C22H22F4N2O4S/c1-13-12-27(8-9-28(13)15-4-7-19(20(23)10-15)22(24,25)26)33(31,32)16-5-2-14-3-6-17(21(29)30)18(14)11-16/h2,4-5,7,10-11,13,17H,3,6,8-9,12H2,1H3,(H,29,30). The van der Waals surface area contributed by atoms with E-state index in [-0.39, 0.29) is 30.2 Å². The fraction of sp³-hybridized carbons (Fsp3) is 0.409. The third kappa shape index (κ3) is 4.31. The highest BCUT2D eigenvalue weighted by Gasteiger charge is 2.37. The molecule has 11 heteroatoms. The number of benzene rings is 2. The van der Waals surface area contributed by atoms with Gasteiger partial charge in [0.05, 0.1) is 16.4 Å². The number of aliphatic carboxylic acids is 1. The Morgan fingerprint density at radius 2 is 1.85 bits per heavy atom. The maximum absolute atomic E-state index is 14.0. The molecular weight excluding hydrogens is 464 g/mol. The molecular formula is C22H22F4N2O4S. The fourth-order valence-electron chi connectivity index (χ4n) is 4.59. The van der Waals surface area contributed by atoms with Crippen LogP contribution in [0, 0.1) is 5.82 Å². The molecule has 33 heavy (non-hydrogen) atoms. The molecule has 1 heterocycles. The Labute approximate surface area is 188 Å². The summed E-state index contributed by atoms with van der Waals surface area (Å²) in [6.07, 6.45) is -3.80. The van der Waals surface area contributed by atoms with E-state index in [0.29, 0.717) is 24.5 Å². The Balaban J connectivity index is 1.54. The van der Waals surface area contributed by atoms with Gasteiger partial charge in [0.25, 0.3) is 0 Å². The van der Waals surface area contributed by atoms with Crippen LogP contribution in [0.5, 0.6) is 0 Å². The molecule has 0 radical (unpaired) electrons. The quantitative estimate of drug-likeness (QED) is 0.665. The summed E-state index contributed by atoms with van der Waals surface area (Å²) in [6, 6.07) is 6.81. The van der Waals surface area contributed by atoms with Crippen LogP contribution in [0.2, 0.25) is 0 Å². The second-order valence-electron chi connectivity index (χ2n) is 8.36. The van der Waals surface area contributed by atoms with Gasteiger partial charge in [-0.05, 0) is 61.2 Å². The molecule has 178 valence electrons. The summed E-state index contributed by atoms with van der Waals surface area (Å²) in [7, 11) is -3.91. The minimum absolute atomic E-state index is 0.00984. The number of hydrogen-bond acceptors (Lipinski definition) is 4. The van der Waals surface area contributed by atoms with Crippen molar-refractivity contribution >= 4 is 21.7 Å². The van der Waals surface area contributed by atoms with Gasteiger partial charge in [0, 0.05) is 31.4 Å². The van der Waals surface area contributed by atoms with Crippen LogP contribution in [0.1, 0.15) is 36.0 Å². The molecule has 1 aliphatic heterocycles. The maximum atomic E-state index is 14.0. The zero-order valence-corrected chi connectivity index (χ0v) is 18.5. The number of fused-ring (bicyclic) bond motifs is 1. The summed E-state index contributed by atoms with van der Waals surface area (Å²) in [5.41, 5.74) is 0.225. The van der Waals surface area contributed by atoms with E-state index in [2.05, 4.69) is 0 Å². The van der Waals surface area contributed by atoms with Gasteiger partial charge in [-0.15, -0.1) is 0 Å². The third-order valence-electron chi connectivity index (χ3n) is 6.31. The molecule has 0 saturated carbocycles. The molecule has 1 aliphatic carbocycles. The molecule has 2 aliphatic rings. The lowest BCUT2D eigenvalue weighted by Gasteiger charge is -2.40. The highest BCUT2D eigenvalue weighted by Crippen LogP contribution is 2.36. The van der Waals surface area contributed by atoms with Gasteiger partial charge in [-0.2, -0.15) is 17.5 Å². The van der Waals surface area contributed by atoms with Crippen molar-refractivity contribution in [2.75, 3.05) is 24.5 Å². The van der Waals surface area contributed by atoms with Crippen molar-refractivity contribution in [3.63, 3.8) is 0 Å². The predicted molar refractivity (Wildman–Crippen MR) is 112 cm³/mol. The van der Waals surface area contributed by atoms with E-state index in [1.54, 1.807) is 17.9 Å². The topological polar surface area (TPSA) is 77.9 Å². The van der Waals surface area contributed by atoms with Crippen LogP contribution in [0.15, 0.2) is 41.3 Å². The third-order valence-corrected chi connectivity index (χ3v) is 8.17. The van der Waals surface area contributed by atoms with E-state index in [0.717, 1.165) is 11.6 Å². The van der Waals surface area contributed by atoms with E-state index in [1.165, 1.54) is 22.5 Å². The van der Waals surface area contributed by atoms with Crippen molar-refractivity contribution in [2.45, 2.75) is 42.8 Å². The lowest BCUT2D eigenvalue weighted by atomic mass is 10.0. The zero-order valence-electron chi connectivity index (χ0n) is 17.6. The van der Waals surface area contributed by atoms with Gasteiger partial charge in [0.2, 0.25) is 10.0 Å². The molecule has 0 spiro atoms. The first kappa shape index (κ1) is 23.5. The van der Waals surface area contributed by atoms with Crippen molar-refractivity contribution in [1.82, 2.24) is 4.31 Å². The van der Waals surface area contributed by atoms with Crippen molar-refractivity contribution in [3.05, 3.63) is 58.9 Å². The largest absolute Gasteiger partial charge is 0.481 e. The normalized spacial score (nSPS) is 21.8. The number of anilines is 1. The lowest BCUT2D eigenvalue weighted by Crippen LogP contribution is -2.53. The smallest absolute Gasteiger partial charge is 0.419 e. The monoisotopic (exact) mass is 486 g/mol. The van der Waals surface area contributed by atoms with E-state index < -0.39 is 45.5 Å². The number of carbonyl (C=O) groups is 1. The van der Waals surface area contributed by atoms with Gasteiger partial charge in [-0.1, -0.05) is 6.07 Å². The Morgan fingerprint density at radius 1 is 1.12 bits per heavy atom. The van der Waals surface area contributed by atoms with Crippen LogP contribution in [0.4, 0.5) is 23.2 Å². The summed E-state index contributed by atoms with van der Waals surface area (Å²) in [6.45, 7) is 1.97. The average molecular weight is 486 g/mol. The minimum Gasteiger partial charge on any atom is -0.481 e. The van der Waals surface area contributed by atoms with E-state index in [4.69, 9.17) is 0 Å². The summed E-state index contributed by atoms with van der Waals surface area (Å²) in [5.74, 6) is -3.11. The highest BCUT2D eigenvalue weighted by atomic mass is 32.2. The van der Waals surface area contributed by atoms with E-state index >= 15 is 0 Å². The SMILES string of the molecule is CC1CN(S(=O)(=O)c2ccc3c(c2)C(C(=O)O)CC3)CCN1c1ccc(C(F)(F)F)c(F)c1. The number of sulfonamides is 1. The van der Waals surface area contributed by atoms with Crippen LogP contribution >= 0.6 is 0 Å². The molecule has 2 unspecified atom stereocenters. The molecule has 1 N–H and O–H groups in total. The molecule has 1 saturated heterocycles. The van der Waals surface area contributed by atoms with Crippen molar-refractivity contribution in [3.8, 4) is 0 Å². The van der Waals surface area contributed by atoms with Gasteiger partial charge in [0.15, 0.2) is 0 Å². The Morgan fingerprint density at radius 3 is 2.45 bits per heavy atom. The second-order valence-corrected chi connectivity index (χ2v) is 10.3. The molecule has 0 amide bonds. The first-order valence-corrected chi connectivity index (χ1v) is 11.8. The fourth-order valence-corrected chi connectivity index (χ4v) is 6.13. The molecule has 2 aromatic rings. The van der Waals surface area contributed by atoms with Crippen molar-refractivity contribution in [1.29, 1.82) is 0 Å². The number of carboxylic acid groups (broad SMARTS) is 1. The van der Waals surface area contributed by atoms with Crippen molar-refractivity contribution in [2.24, 2.45) is 0 Å². The highest BCUT2D eigenvalue weighted by molar-refractivity contribution is 7.89. The lowest BCUT2D eigenvalue weighted by molar-refractivity contribution is -0.140. The number of halogens is 4. The van der Waals surface area contributed by atoms with E-state index in [1.807, 2.05) is 0 Å². The number of alkyl halides is 3. The number of aryl methyl sites for hydroxylation is 1. The minimum atomic E-state index is -4.80. The van der Waals surface area contributed by atoms with Gasteiger partial charge >= 0.3 is 12.1 Å². The molecule has 2 aromatic carbocycles. The molecule has 0 aromatic heterocycles. The predicted octanol–water partition coefficient (Wildman–Crippen LogP) is 3.86. The number of nitrogens with zero attached hydrogens (tertiary/aromatic N) is 2. The van der Waals surface area contributed by atoms with Gasteiger partial charge < -0.3 is 10.0 Å². The summed E-state index contributed by atoms with van der Waals surface area (Å²) in [4.78, 5) is 13.2. The van der Waals surface area contributed by atoms with Gasteiger partial charge in [-0.25, -0.2) is 12.8 Å². The van der Waals surface area contributed by atoms with Crippen LogP contribution in [0.25, 0.3) is 0 Å². The van der Waals surface area contributed by atoms with Crippen LogP contribution in [0.3, 0.4) is 0 Å². The summed E-state index contributed by atoms with van der Waals surface area (Å²) in [5, 5.41) is 9.40. The Kier molecular flexibility index (Phi) is 5.90. The molecule has 2 atom stereocenters. The van der Waals surface area contributed by atoms with E-state index in [9.17, 15) is 35.9 Å². The average Bonchev–Trinajstić information content (AvgIpc) is 3.16. The Hall–Kier alpha value is -2.66. The second kappa shape index (κ2) is 8.28. The molecule has 6 nitrogen and oxygen atoms in total. The number of rotatable bonds is 4. The summed E-state index contributed by atoms with van der Waals surface area (Å²) < 4.78 is 80.3. The molecule has 0 bridgehead atoms. The van der Waals surface area contributed by atoms with Gasteiger partial charge in [-0.3, -0.25) is 4.79 Å². The maximum Gasteiger partial charge on any atom is 0.419 e. The van der Waals surface area contributed by atoms with Crippen LogP contribution in [-0.2, 0) is 27.4 Å². The van der Waals surface area contributed by atoms with Crippen LogP contribution in [-0.4, -0.2) is 49.5 Å². The number of hydrogen-bond donors (Lipinski definition) is 1. The van der Waals surface area contributed by atoms with Gasteiger partial charge in [0.1, 0.15) is 5.82 Å². The van der Waals surface area contributed by atoms with Crippen LogP contribution < -0.4 is 4.90 Å². The summed E-state index contributed by atoms with van der Waals surface area (Å²) >= 11 is 0. The first-order valence-electron chi connectivity index (χ1n) is 10.4. The Bertz CT molecular complexity index is 1200. The number of carboxylic acids is 1. The number of piperazine rings is 1. The first-order chi connectivity index (χ1) is 15.4. The van der Waals surface area contributed by atoms with Crippen molar-refractivity contribution < 1.29 is 35.9 Å². The molecule has 4 rings (SSSR count). The zero-order chi connectivity index (χ0) is 24.1.